The van der Waals surface area contributed by atoms with E-state index in [9.17, 15) is 14.9 Å². The van der Waals surface area contributed by atoms with Crippen LogP contribution < -0.4 is 4.90 Å². The van der Waals surface area contributed by atoms with Crippen molar-refractivity contribution < 1.29 is 14.3 Å². The summed E-state index contributed by atoms with van der Waals surface area (Å²) in [5.41, 5.74) is 2.09. The van der Waals surface area contributed by atoms with Crippen LogP contribution in [0.2, 0.25) is 0 Å². The molecule has 3 aromatic carbocycles. The van der Waals surface area contributed by atoms with Crippen molar-refractivity contribution in [1.82, 2.24) is 0 Å². The van der Waals surface area contributed by atoms with E-state index >= 15 is 0 Å². The maximum atomic E-state index is 13.2. The van der Waals surface area contributed by atoms with Crippen LogP contribution in [0.5, 0.6) is 0 Å². The fourth-order valence-corrected chi connectivity index (χ4v) is 3.22. The number of benzene rings is 3. The van der Waals surface area contributed by atoms with Crippen LogP contribution in [0.1, 0.15) is 26.3 Å². The molecule has 0 N–H and O–H groups in total. The number of ether oxygens (including phenoxy) is 1. The Hall–Kier alpha value is -4.17. The van der Waals surface area contributed by atoms with Gasteiger partial charge in [0.05, 0.1) is 17.3 Å². The number of para-hydroxylation sites is 1. The van der Waals surface area contributed by atoms with E-state index in [2.05, 4.69) is 6.07 Å². The number of hydrogen-bond acceptors (Lipinski definition) is 4. The molecule has 29 heavy (non-hydrogen) atoms. The third kappa shape index (κ3) is 3.52. The second-order valence-electron chi connectivity index (χ2n) is 6.43. The van der Waals surface area contributed by atoms with Crippen LogP contribution in [-0.4, -0.2) is 17.9 Å². The van der Waals surface area contributed by atoms with Crippen molar-refractivity contribution in [2.75, 3.05) is 4.90 Å². The lowest BCUT2D eigenvalue weighted by Crippen LogP contribution is -2.43. The molecule has 1 atom stereocenters. The molecule has 1 aliphatic rings. The van der Waals surface area contributed by atoms with Crippen molar-refractivity contribution in [3.8, 4) is 6.07 Å². The predicted octanol–water partition coefficient (Wildman–Crippen LogP) is 4.44. The number of esters is 1. The van der Waals surface area contributed by atoms with Crippen LogP contribution in [-0.2, 0) is 4.74 Å². The maximum absolute atomic E-state index is 13.2. The average molecular weight is 380 g/mol. The van der Waals surface area contributed by atoms with Crippen molar-refractivity contribution in [3.63, 3.8) is 0 Å². The Morgan fingerprint density at radius 1 is 0.828 bits per heavy atom. The van der Waals surface area contributed by atoms with Crippen molar-refractivity contribution in [1.29, 1.82) is 5.26 Å². The molecule has 1 unspecified atom stereocenters. The van der Waals surface area contributed by atoms with Crippen LogP contribution in [0.4, 0.5) is 5.69 Å². The van der Waals surface area contributed by atoms with E-state index in [0.29, 0.717) is 22.4 Å². The Bertz CT molecular complexity index is 1130. The van der Waals surface area contributed by atoms with Gasteiger partial charge in [-0.1, -0.05) is 54.6 Å². The molecule has 0 bridgehead atoms. The summed E-state index contributed by atoms with van der Waals surface area (Å²) < 4.78 is 5.56. The largest absolute Gasteiger partial charge is 0.424 e. The third-order valence-electron chi connectivity index (χ3n) is 4.60. The number of carbonyl (C=O) groups is 2. The summed E-state index contributed by atoms with van der Waals surface area (Å²) in [7, 11) is 0. The molecule has 5 nitrogen and oxygen atoms in total. The van der Waals surface area contributed by atoms with Gasteiger partial charge in [0.1, 0.15) is 5.76 Å². The highest BCUT2D eigenvalue weighted by molar-refractivity contribution is 6.09. The summed E-state index contributed by atoms with van der Waals surface area (Å²) in [6.07, 6.45) is 1.64. The molecule has 1 aliphatic heterocycles. The van der Waals surface area contributed by atoms with Gasteiger partial charge in [-0.15, -0.1) is 0 Å². The second kappa shape index (κ2) is 7.83. The summed E-state index contributed by atoms with van der Waals surface area (Å²) in [5.74, 6) is -0.807. The first kappa shape index (κ1) is 18.2. The zero-order valence-electron chi connectivity index (χ0n) is 15.4. The highest BCUT2D eigenvalue weighted by Gasteiger charge is 2.36. The van der Waals surface area contributed by atoms with Crippen LogP contribution in [0, 0.1) is 11.3 Å². The Labute approximate surface area is 168 Å². The normalized spacial score (nSPS) is 14.9. The van der Waals surface area contributed by atoms with E-state index in [4.69, 9.17) is 4.74 Å². The van der Waals surface area contributed by atoms with Gasteiger partial charge in [0, 0.05) is 11.1 Å². The van der Waals surface area contributed by atoms with Gasteiger partial charge >= 0.3 is 5.97 Å². The van der Waals surface area contributed by atoms with Gasteiger partial charge in [-0.2, -0.15) is 5.26 Å². The molecular formula is C24H16N2O3. The molecule has 140 valence electrons. The summed E-state index contributed by atoms with van der Waals surface area (Å²) in [5, 5.41) is 9.86. The third-order valence-corrected chi connectivity index (χ3v) is 4.60. The molecule has 1 amide bonds. The van der Waals surface area contributed by atoms with E-state index in [1.54, 1.807) is 72.8 Å². The van der Waals surface area contributed by atoms with Gasteiger partial charge in [0.2, 0.25) is 0 Å². The molecule has 3 aromatic rings. The highest BCUT2D eigenvalue weighted by atomic mass is 16.5. The van der Waals surface area contributed by atoms with Crippen molar-refractivity contribution in [2.24, 2.45) is 0 Å². The predicted molar refractivity (Wildman–Crippen MR) is 109 cm³/mol. The lowest BCUT2D eigenvalue weighted by Gasteiger charge is -2.33. The average Bonchev–Trinajstić information content (AvgIpc) is 2.78. The standard InChI is InChI=1S/C24H16N2O3/c25-16-21-22(29-24(28)18-11-5-2-6-12-18)15-19-13-7-8-14-20(19)26(21)23(27)17-9-3-1-4-10-17/h1-15,21H. The highest BCUT2D eigenvalue weighted by Crippen LogP contribution is 2.34. The zero-order chi connectivity index (χ0) is 20.2. The van der Waals surface area contributed by atoms with E-state index < -0.39 is 12.0 Å². The minimum Gasteiger partial charge on any atom is -0.424 e. The molecule has 0 radical (unpaired) electrons. The van der Waals surface area contributed by atoms with Gasteiger partial charge in [0.15, 0.2) is 6.04 Å². The topological polar surface area (TPSA) is 70.4 Å². The lowest BCUT2D eigenvalue weighted by molar-refractivity contribution is 0.0611. The molecule has 4 rings (SSSR count). The number of amides is 1. The first-order valence-corrected chi connectivity index (χ1v) is 9.05. The van der Waals surface area contributed by atoms with Crippen LogP contribution in [0.25, 0.3) is 6.08 Å². The smallest absolute Gasteiger partial charge is 0.343 e. The van der Waals surface area contributed by atoms with Crippen LogP contribution in [0.3, 0.4) is 0 Å². The zero-order valence-corrected chi connectivity index (χ0v) is 15.4. The first-order valence-electron chi connectivity index (χ1n) is 9.05. The van der Waals surface area contributed by atoms with Crippen LogP contribution >= 0.6 is 0 Å². The summed E-state index contributed by atoms with van der Waals surface area (Å²) in [4.78, 5) is 27.2. The minimum absolute atomic E-state index is 0.115. The molecule has 0 saturated carbocycles. The number of anilines is 1. The summed E-state index contributed by atoms with van der Waals surface area (Å²) >= 11 is 0. The number of nitriles is 1. The Kier molecular flexibility index (Phi) is 4.91. The van der Waals surface area contributed by atoms with Gasteiger partial charge in [0.25, 0.3) is 5.91 Å². The number of rotatable bonds is 3. The first-order chi connectivity index (χ1) is 14.2. The quantitative estimate of drug-likeness (QED) is 0.630. The van der Waals surface area contributed by atoms with Crippen LogP contribution in [0.15, 0.2) is 90.7 Å². The van der Waals surface area contributed by atoms with Crippen molar-refractivity contribution >= 4 is 23.6 Å². The van der Waals surface area contributed by atoms with Gasteiger partial charge < -0.3 is 4.74 Å². The monoisotopic (exact) mass is 380 g/mol. The minimum atomic E-state index is -1.06. The SMILES string of the molecule is N#CC1C(OC(=O)c2ccccc2)=Cc2ccccc2N1C(=O)c1ccccc1. The molecule has 0 saturated heterocycles. The molecule has 5 heteroatoms. The molecule has 0 fully saturated rings. The molecule has 0 aliphatic carbocycles. The number of hydrogen-bond donors (Lipinski definition) is 0. The van der Waals surface area contributed by atoms with Crippen molar-refractivity contribution in [2.45, 2.75) is 6.04 Å². The summed E-state index contributed by atoms with van der Waals surface area (Å²) in [6.45, 7) is 0. The van der Waals surface area contributed by atoms with Gasteiger partial charge in [-0.05, 0) is 36.4 Å². The number of nitrogens with zero attached hydrogens (tertiary/aromatic N) is 2. The van der Waals surface area contributed by atoms with Gasteiger partial charge in [-0.25, -0.2) is 4.79 Å². The molecule has 0 spiro atoms. The number of carbonyl (C=O) groups excluding carboxylic acids is 2. The van der Waals surface area contributed by atoms with E-state index in [1.165, 1.54) is 4.90 Å². The fraction of sp³-hybridized carbons (Fsp3) is 0.0417. The van der Waals surface area contributed by atoms with E-state index in [-0.39, 0.29) is 11.7 Å². The molecule has 0 aromatic heterocycles. The van der Waals surface area contributed by atoms with Crippen molar-refractivity contribution in [3.05, 3.63) is 107 Å². The summed E-state index contributed by atoms with van der Waals surface area (Å²) in [6, 6.07) is 25.5. The lowest BCUT2D eigenvalue weighted by atomic mass is 10.00. The van der Waals surface area contributed by atoms with E-state index in [0.717, 1.165) is 0 Å². The Morgan fingerprint density at radius 3 is 2.07 bits per heavy atom. The molecule has 1 heterocycles. The molecular weight excluding hydrogens is 364 g/mol. The van der Waals surface area contributed by atoms with Gasteiger partial charge in [-0.3, -0.25) is 9.69 Å². The fourth-order valence-electron chi connectivity index (χ4n) is 3.22. The Balaban J connectivity index is 1.75. The van der Waals surface area contributed by atoms with E-state index in [1.807, 2.05) is 18.2 Å². The Morgan fingerprint density at radius 2 is 1.41 bits per heavy atom. The second-order valence-corrected chi connectivity index (χ2v) is 6.43. The maximum Gasteiger partial charge on any atom is 0.343 e. The number of fused-ring (bicyclic) bond motifs is 1.